The largest absolute Gasteiger partial charge is 0.497 e. The maximum Gasteiger partial charge on any atom is 0.228 e. The van der Waals surface area contributed by atoms with Gasteiger partial charge in [-0.25, -0.2) is 0 Å². The lowest BCUT2D eigenvalue weighted by Gasteiger charge is -2.07. The van der Waals surface area contributed by atoms with Gasteiger partial charge in [-0.3, -0.25) is 4.79 Å². The van der Waals surface area contributed by atoms with E-state index in [4.69, 9.17) is 9.15 Å². The number of methoxy groups -OCH3 is 1. The molecule has 3 heteroatoms. The molecule has 0 radical (unpaired) electrons. The molecule has 0 amide bonds. The normalized spacial score (nSPS) is 11.1. The highest BCUT2D eigenvalue weighted by molar-refractivity contribution is 6.21. The van der Waals surface area contributed by atoms with Gasteiger partial charge in [-0.2, -0.15) is 0 Å². The van der Waals surface area contributed by atoms with Crippen LogP contribution < -0.4 is 4.74 Å². The monoisotopic (exact) mass is 392 g/mol. The van der Waals surface area contributed by atoms with Crippen LogP contribution >= 0.6 is 0 Å². The summed E-state index contributed by atoms with van der Waals surface area (Å²) in [5.41, 5.74) is 4.16. The van der Waals surface area contributed by atoms with Crippen LogP contribution in [0.3, 0.4) is 0 Å². The number of fused-ring (bicyclic) bond motifs is 3. The van der Waals surface area contributed by atoms with E-state index in [0.717, 1.165) is 38.6 Å². The Labute approximate surface area is 174 Å². The molecule has 0 aliphatic heterocycles. The Bertz CT molecular complexity index is 1370. The molecule has 0 unspecified atom stereocenters. The van der Waals surface area contributed by atoms with Crippen molar-refractivity contribution in [2.75, 3.05) is 7.11 Å². The van der Waals surface area contributed by atoms with Crippen LogP contribution in [0.1, 0.15) is 21.7 Å². The molecule has 4 aromatic carbocycles. The number of ketones is 1. The van der Waals surface area contributed by atoms with Gasteiger partial charge in [0.05, 0.1) is 7.11 Å². The third kappa shape index (κ3) is 2.96. The third-order valence-electron chi connectivity index (χ3n) is 5.48. The molecular formula is C27H20O3. The van der Waals surface area contributed by atoms with Gasteiger partial charge in [0.15, 0.2) is 5.76 Å². The van der Waals surface area contributed by atoms with E-state index >= 15 is 0 Å². The first-order valence-electron chi connectivity index (χ1n) is 9.86. The lowest BCUT2D eigenvalue weighted by atomic mass is 9.95. The number of carbonyl (C=O) groups is 1. The highest BCUT2D eigenvalue weighted by Gasteiger charge is 2.24. The highest BCUT2D eigenvalue weighted by Crippen LogP contribution is 2.40. The molecule has 1 aromatic heterocycles. The van der Waals surface area contributed by atoms with Gasteiger partial charge in [-0.15, -0.1) is 0 Å². The molecule has 146 valence electrons. The third-order valence-corrected chi connectivity index (χ3v) is 5.48. The second kappa shape index (κ2) is 7.20. The molecule has 5 aromatic rings. The summed E-state index contributed by atoms with van der Waals surface area (Å²) >= 11 is 0. The molecule has 1 heterocycles. The minimum Gasteiger partial charge on any atom is -0.497 e. The Balaban J connectivity index is 1.82. The van der Waals surface area contributed by atoms with Crippen molar-refractivity contribution in [3.05, 3.63) is 102 Å². The number of hydrogen-bond acceptors (Lipinski definition) is 3. The Morgan fingerprint density at radius 3 is 2.30 bits per heavy atom. The fraction of sp³-hybridized carbons (Fsp3) is 0.0741. The predicted molar refractivity (Wildman–Crippen MR) is 120 cm³/mol. The predicted octanol–water partition coefficient (Wildman–Crippen LogP) is 6.80. The highest BCUT2D eigenvalue weighted by atomic mass is 16.5. The molecule has 5 rings (SSSR count). The zero-order chi connectivity index (χ0) is 20.7. The van der Waals surface area contributed by atoms with E-state index in [1.54, 1.807) is 7.11 Å². The molecule has 0 fully saturated rings. The summed E-state index contributed by atoms with van der Waals surface area (Å²) in [4.78, 5) is 13.5. The van der Waals surface area contributed by atoms with Gasteiger partial charge in [0.2, 0.25) is 5.78 Å². The number of furan rings is 1. The van der Waals surface area contributed by atoms with E-state index in [1.165, 1.54) is 0 Å². The van der Waals surface area contributed by atoms with E-state index in [-0.39, 0.29) is 5.78 Å². The first kappa shape index (κ1) is 18.2. The van der Waals surface area contributed by atoms with Crippen LogP contribution in [0.2, 0.25) is 0 Å². The van der Waals surface area contributed by atoms with Crippen LogP contribution in [0.25, 0.3) is 32.9 Å². The second-order valence-corrected chi connectivity index (χ2v) is 7.39. The minimum atomic E-state index is -0.124. The summed E-state index contributed by atoms with van der Waals surface area (Å²) in [6, 6.07) is 27.5. The van der Waals surface area contributed by atoms with E-state index in [0.29, 0.717) is 16.9 Å². The van der Waals surface area contributed by atoms with Gasteiger partial charge in [-0.05, 0) is 41.5 Å². The molecule has 0 saturated carbocycles. The molecule has 0 N–H and O–H groups in total. The molecule has 0 bridgehead atoms. The van der Waals surface area contributed by atoms with Crippen molar-refractivity contribution in [1.29, 1.82) is 0 Å². The summed E-state index contributed by atoms with van der Waals surface area (Å²) in [5, 5.41) is 3.12. The van der Waals surface area contributed by atoms with Crippen LogP contribution in [0, 0.1) is 6.92 Å². The fourth-order valence-corrected chi connectivity index (χ4v) is 3.90. The van der Waals surface area contributed by atoms with E-state index in [1.807, 2.05) is 79.7 Å². The molecule has 0 aliphatic rings. The lowest BCUT2D eigenvalue weighted by Crippen LogP contribution is -2.01. The summed E-state index contributed by atoms with van der Waals surface area (Å²) in [6.45, 7) is 2.00. The Kier molecular flexibility index (Phi) is 4.36. The number of ether oxygens (including phenoxy) is 1. The van der Waals surface area contributed by atoms with E-state index in [2.05, 4.69) is 12.1 Å². The summed E-state index contributed by atoms with van der Waals surface area (Å²) in [5.74, 6) is 0.999. The van der Waals surface area contributed by atoms with Gasteiger partial charge in [0.1, 0.15) is 11.3 Å². The Morgan fingerprint density at radius 2 is 1.57 bits per heavy atom. The van der Waals surface area contributed by atoms with Crippen LogP contribution in [0.15, 0.2) is 89.3 Å². The standard InChI is InChI=1S/C27H20O3/c1-17-7-9-20(10-8-17)26(28)27-24(19-11-14-21(29-2)15-12-19)25-22-6-4-3-5-18(22)13-16-23(25)30-27/h3-16H,1-2H3. The van der Waals surface area contributed by atoms with E-state index < -0.39 is 0 Å². The van der Waals surface area contributed by atoms with Crippen molar-refractivity contribution in [3.8, 4) is 16.9 Å². The number of rotatable bonds is 4. The summed E-state index contributed by atoms with van der Waals surface area (Å²) < 4.78 is 11.5. The van der Waals surface area contributed by atoms with Gasteiger partial charge in [0, 0.05) is 16.5 Å². The van der Waals surface area contributed by atoms with Crippen LogP contribution in [-0.2, 0) is 0 Å². The average molecular weight is 392 g/mol. The Hall–Kier alpha value is -3.85. The zero-order valence-electron chi connectivity index (χ0n) is 16.8. The molecule has 30 heavy (non-hydrogen) atoms. The summed E-state index contributed by atoms with van der Waals surface area (Å²) in [6.07, 6.45) is 0. The van der Waals surface area contributed by atoms with Gasteiger partial charge in [-0.1, -0.05) is 72.3 Å². The minimum absolute atomic E-state index is 0.124. The maximum atomic E-state index is 13.5. The molecule has 3 nitrogen and oxygen atoms in total. The van der Waals surface area contributed by atoms with Gasteiger partial charge >= 0.3 is 0 Å². The molecule has 0 spiro atoms. The van der Waals surface area contributed by atoms with Gasteiger partial charge < -0.3 is 9.15 Å². The molecule has 0 saturated heterocycles. The smallest absolute Gasteiger partial charge is 0.228 e. The number of hydrogen-bond donors (Lipinski definition) is 0. The zero-order valence-corrected chi connectivity index (χ0v) is 16.8. The summed E-state index contributed by atoms with van der Waals surface area (Å²) in [7, 11) is 1.64. The fourth-order valence-electron chi connectivity index (χ4n) is 3.90. The van der Waals surface area contributed by atoms with Crippen molar-refractivity contribution >= 4 is 27.5 Å². The first-order valence-corrected chi connectivity index (χ1v) is 9.86. The molecular weight excluding hydrogens is 372 g/mol. The van der Waals surface area contributed by atoms with Crippen LogP contribution in [0.4, 0.5) is 0 Å². The topological polar surface area (TPSA) is 39.4 Å². The first-order chi connectivity index (χ1) is 14.7. The van der Waals surface area contributed by atoms with Crippen molar-refractivity contribution in [3.63, 3.8) is 0 Å². The van der Waals surface area contributed by atoms with Crippen molar-refractivity contribution in [2.24, 2.45) is 0 Å². The van der Waals surface area contributed by atoms with Gasteiger partial charge in [0.25, 0.3) is 0 Å². The van der Waals surface area contributed by atoms with Crippen molar-refractivity contribution < 1.29 is 13.9 Å². The second-order valence-electron chi connectivity index (χ2n) is 7.39. The maximum absolute atomic E-state index is 13.5. The van der Waals surface area contributed by atoms with Crippen LogP contribution in [0.5, 0.6) is 5.75 Å². The number of aryl methyl sites for hydroxylation is 1. The Morgan fingerprint density at radius 1 is 0.833 bits per heavy atom. The van der Waals surface area contributed by atoms with Crippen molar-refractivity contribution in [2.45, 2.75) is 6.92 Å². The van der Waals surface area contributed by atoms with Crippen LogP contribution in [-0.4, -0.2) is 12.9 Å². The quantitative estimate of drug-likeness (QED) is 0.316. The molecule has 0 atom stereocenters. The van der Waals surface area contributed by atoms with E-state index in [9.17, 15) is 4.79 Å². The number of carbonyl (C=O) groups excluding carboxylic acids is 1. The average Bonchev–Trinajstić information content (AvgIpc) is 3.19. The lowest BCUT2D eigenvalue weighted by molar-refractivity contribution is 0.101. The molecule has 0 aliphatic carbocycles. The number of benzene rings is 4. The SMILES string of the molecule is COc1ccc(-c2c(C(=O)c3ccc(C)cc3)oc3ccc4ccccc4c23)cc1. The van der Waals surface area contributed by atoms with Crippen molar-refractivity contribution in [1.82, 2.24) is 0 Å².